The lowest BCUT2D eigenvalue weighted by atomic mass is 9.82. The van der Waals surface area contributed by atoms with E-state index in [1.807, 2.05) is 4.90 Å². The molecule has 20 N–H and O–H groups in total. The van der Waals surface area contributed by atoms with Crippen molar-refractivity contribution in [3.8, 4) is 80.1 Å². The van der Waals surface area contributed by atoms with Gasteiger partial charge in [0.2, 0.25) is 47.9 Å². The predicted molar refractivity (Wildman–Crippen MR) is 398 cm³/mol. The summed E-state index contributed by atoms with van der Waals surface area (Å²) in [6.07, 6.45) is -20.4. The largest absolute Gasteiger partial charge is 0.508 e. The number of hydrogen-bond donors (Lipinski definition) is 19. The van der Waals surface area contributed by atoms with E-state index in [1.165, 1.54) is 61.6 Å². The molecule has 34 nitrogen and oxygen atoms in total. The average molecular weight is 1620 g/mol. The van der Waals surface area contributed by atoms with Crippen molar-refractivity contribution in [2.24, 2.45) is 11.7 Å². The van der Waals surface area contributed by atoms with Crippen LogP contribution in [0.25, 0.3) is 11.1 Å². The third kappa shape index (κ3) is 16.7. The molecule has 15 rings (SSSR count). The first-order chi connectivity index (χ1) is 54.4. The number of aliphatic hydroxyl groups is 8. The van der Waals surface area contributed by atoms with Crippen LogP contribution in [-0.4, -0.2) is 222 Å². The van der Waals surface area contributed by atoms with Crippen LogP contribution in [0.1, 0.15) is 94.4 Å². The molecule has 7 aromatic carbocycles. The van der Waals surface area contributed by atoms with Crippen molar-refractivity contribution >= 4 is 64.3 Å². The van der Waals surface area contributed by atoms with Crippen LogP contribution in [0.4, 0.5) is 0 Å². The molecule has 604 valence electrons. The smallest absolute Gasteiger partial charge is 0.248 e. The molecular weight excluding hydrogens is 1540 g/mol. The minimum absolute atomic E-state index is 0.0293. The topological polar surface area (TPSA) is 528 Å². The minimum Gasteiger partial charge on any atom is -0.508 e. The summed E-state index contributed by atoms with van der Waals surface area (Å²) >= 11 is 14.2. The summed E-state index contributed by atoms with van der Waals surface area (Å²) < 4.78 is 44.1. The molecule has 2 saturated heterocycles. The van der Waals surface area contributed by atoms with Gasteiger partial charge in [-0.3, -0.25) is 33.6 Å². The number of benzene rings is 7. The molecule has 114 heavy (non-hydrogen) atoms. The summed E-state index contributed by atoms with van der Waals surface area (Å²) in [7, 11) is 5.05. The van der Waals surface area contributed by atoms with Crippen LogP contribution in [0.5, 0.6) is 69.0 Å². The molecule has 8 heterocycles. The van der Waals surface area contributed by atoms with Crippen molar-refractivity contribution in [1.82, 2.24) is 36.8 Å². The maximum atomic E-state index is 16.6. The molecule has 0 spiro atoms. The molecule has 36 heteroatoms. The number of Topliss-reactive ketones (excluding diaryl/α,β-unsaturated/α-hetero) is 2. The monoisotopic (exact) mass is 1620 g/mol. The van der Waals surface area contributed by atoms with Gasteiger partial charge in [0.25, 0.3) is 0 Å². The van der Waals surface area contributed by atoms with Crippen LogP contribution in [0.3, 0.4) is 0 Å². The number of fused-ring (bicyclic) bond motifs is 14. The Hall–Kier alpha value is -10.5. The fourth-order valence-electron chi connectivity index (χ4n) is 14.6. The van der Waals surface area contributed by atoms with Crippen LogP contribution >= 0.6 is 23.2 Å². The van der Waals surface area contributed by atoms with E-state index in [1.54, 1.807) is 14.1 Å². The molecule has 0 radical (unpaired) electrons. The van der Waals surface area contributed by atoms with Gasteiger partial charge in [-0.05, 0) is 147 Å². The highest BCUT2D eigenvalue weighted by molar-refractivity contribution is 6.33. The Morgan fingerprint density at radius 1 is 0.570 bits per heavy atom. The molecular formula is C78H82Cl2N8O26. The standard InChI is InChI=1S/C78H82Cl2N8O26/c1-82-60-33-8-13-46(93)51(21-33)109-39-26-43(58(80)47(94)27-39)63-76(107)85-62-35-22-53(108-38-10-5-31(6-11-38)17-36(20-48(60)95)72(103)86-63)71(114-77-59(81)68(100)66(98)55(29-89)112-77)54(23-35)110-50-14-9-34(19-44(50)79)65(97)64-49(96)28-41(73(104)83-15-4-16-88(2)3)40-24-37(91)25-52(111-78-70(102)69(101)67(99)56(30-90)113-78)57(40)42-18-32(7-12-45(42)92)61(74(105)87-64)84-75(62)106/h5-14,18-19,21-27,36,41,55-56,59-70,77-78,82,89-94,97-102H,4,15-17,20,28-30,81H2,1-3H3,(H,83,104)(H,84,106)(H,85,107)(H,86,103)(H,87,105)/t36?,41?,55-,56-,59-,60?,61?,62?,63?,64?,65?,66-,67-,68-,69+,70+,77+,78+/m1/s1. The van der Waals surface area contributed by atoms with Crippen molar-refractivity contribution < 1.29 is 128 Å². The normalized spacial score (nSPS) is 27.7. The second-order valence-electron chi connectivity index (χ2n) is 28.7. The number of hydrogen-bond acceptors (Lipinski definition) is 29. The van der Waals surface area contributed by atoms with Gasteiger partial charge in [-0.1, -0.05) is 53.5 Å². The molecule has 0 aromatic heterocycles. The summed E-state index contributed by atoms with van der Waals surface area (Å²) in [4.78, 5) is 112. The van der Waals surface area contributed by atoms with Gasteiger partial charge in [0, 0.05) is 54.1 Å². The van der Waals surface area contributed by atoms with Crippen molar-refractivity contribution in [3.05, 3.63) is 164 Å². The van der Waals surface area contributed by atoms with Gasteiger partial charge in [0.05, 0.1) is 41.3 Å². The van der Waals surface area contributed by atoms with E-state index < -0.39 is 244 Å². The molecule has 8 unspecified atom stereocenters. The lowest BCUT2D eigenvalue weighted by Crippen LogP contribution is -2.63. The Bertz CT molecular complexity index is 4880. The van der Waals surface area contributed by atoms with Crippen LogP contribution in [0.15, 0.2) is 115 Å². The highest BCUT2D eigenvalue weighted by Gasteiger charge is 2.49. The first-order valence-electron chi connectivity index (χ1n) is 36.1. The van der Waals surface area contributed by atoms with Crippen molar-refractivity contribution in [3.63, 3.8) is 0 Å². The molecule has 18 atom stereocenters. The number of aliphatic hydroxyl groups excluding tert-OH is 8. The van der Waals surface area contributed by atoms with E-state index >= 15 is 28.8 Å². The Morgan fingerprint density at radius 2 is 1.19 bits per heavy atom. The summed E-state index contributed by atoms with van der Waals surface area (Å²) in [5.74, 6) is -16.5. The molecule has 0 aliphatic carbocycles. The number of likely N-dealkylation sites (N-methyl/N-ethyl adjacent to an activating group) is 1. The highest BCUT2D eigenvalue weighted by atomic mass is 35.5. The number of phenolic OH excluding ortho intramolecular Hbond substituents is 4. The third-order valence-corrected chi connectivity index (χ3v) is 21.4. The van der Waals surface area contributed by atoms with Gasteiger partial charge < -0.3 is 137 Å². The number of nitrogens with zero attached hydrogens (tertiary/aromatic N) is 1. The Balaban J connectivity index is 1.06. The van der Waals surface area contributed by atoms with Gasteiger partial charge in [0.1, 0.15) is 113 Å². The average Bonchev–Trinajstić information content (AvgIpc) is 0.739. The summed E-state index contributed by atoms with van der Waals surface area (Å²) in [6, 6.07) is 11.5. The van der Waals surface area contributed by atoms with Crippen LogP contribution < -0.4 is 61.3 Å². The maximum Gasteiger partial charge on any atom is 0.248 e. The molecule has 8 aliphatic rings. The van der Waals surface area contributed by atoms with Crippen LogP contribution in [-0.2, 0) is 49.5 Å². The Morgan fingerprint density at radius 3 is 1.89 bits per heavy atom. The fourth-order valence-corrected chi connectivity index (χ4v) is 15.0. The maximum absolute atomic E-state index is 16.6. The Labute approximate surface area is 658 Å². The van der Waals surface area contributed by atoms with E-state index in [9.17, 15) is 66.1 Å². The second-order valence-corrected chi connectivity index (χ2v) is 29.5. The summed E-state index contributed by atoms with van der Waals surface area (Å²) in [6.45, 7) is -1.41. The first-order valence-corrected chi connectivity index (χ1v) is 36.9. The zero-order valence-electron chi connectivity index (χ0n) is 60.9. The van der Waals surface area contributed by atoms with E-state index in [0.29, 0.717) is 18.5 Å². The molecule has 7 aromatic rings. The van der Waals surface area contributed by atoms with Crippen molar-refractivity contribution in [2.75, 3.05) is 47.4 Å². The van der Waals surface area contributed by atoms with Gasteiger partial charge in [-0.25, -0.2) is 0 Å². The zero-order chi connectivity index (χ0) is 81.6. The van der Waals surface area contributed by atoms with Crippen molar-refractivity contribution in [2.45, 2.75) is 129 Å². The number of ether oxygens (including phenoxy) is 7. The van der Waals surface area contributed by atoms with Gasteiger partial charge in [-0.2, -0.15) is 0 Å². The quantitative estimate of drug-likeness (QED) is 0.0779. The number of ketones is 2. The summed E-state index contributed by atoms with van der Waals surface area (Å²) in [5.41, 5.74) is 4.69. The third-order valence-electron chi connectivity index (χ3n) is 20.6. The number of carbonyl (C=O) groups excluding carboxylic acids is 7. The predicted octanol–water partition coefficient (Wildman–Crippen LogP) is 2.12. The molecule has 0 saturated carbocycles. The second kappa shape index (κ2) is 33.9. The van der Waals surface area contributed by atoms with E-state index in [0.717, 1.165) is 60.7 Å². The van der Waals surface area contributed by atoms with E-state index in [2.05, 4.69) is 31.9 Å². The van der Waals surface area contributed by atoms with Crippen molar-refractivity contribution in [1.29, 1.82) is 0 Å². The highest BCUT2D eigenvalue weighted by Crippen LogP contribution is 2.51. The minimum atomic E-state index is -2.33. The van der Waals surface area contributed by atoms with Gasteiger partial charge in [-0.15, -0.1) is 0 Å². The number of phenols is 4. The number of nitrogens with one attached hydrogen (secondary N) is 6. The SMILES string of the molecule is CNC1C(=O)CC2Cc3ccc(cc3)Oc3cc4cc(c3O[C@@H]3O[C@H](CO)[C@@H](O)[C@H](O)[C@H]3N)Oc3ccc(cc3Cl)C(O)C3NC(=O)C(NC(=O)C4NC(=O)C(NC2=O)c2cc(cc(O)c2Cl)Oc2cc1ccc2O)c1ccc(O)c(c1)-c1c(O[C@H]2O[C@H](CO)[C@@H](O)[C@H](O)[C@@H]2O)cc(O)cc1C(C(=O)NCCCN(C)C)CC3=O. The number of nitrogens with two attached hydrogens (primary N) is 1. The Kier molecular flexibility index (Phi) is 24.2. The van der Waals surface area contributed by atoms with Crippen LogP contribution in [0, 0.1) is 5.92 Å². The van der Waals surface area contributed by atoms with Gasteiger partial charge >= 0.3 is 0 Å². The number of rotatable bonds is 12. The van der Waals surface area contributed by atoms with E-state index in [-0.39, 0.29) is 68.8 Å². The number of carbonyl (C=O) groups is 7. The molecule has 2 fully saturated rings. The molecule has 5 amide bonds. The number of aromatic hydroxyl groups is 4. The molecule has 17 bridgehead atoms. The fraction of sp³-hybridized carbons (Fsp3) is 0.372. The zero-order valence-corrected chi connectivity index (χ0v) is 62.4. The van der Waals surface area contributed by atoms with Gasteiger partial charge in [0.15, 0.2) is 34.6 Å². The lowest BCUT2D eigenvalue weighted by Gasteiger charge is -2.40. The molecule has 8 aliphatic heterocycles. The van der Waals surface area contributed by atoms with E-state index in [4.69, 9.17) is 62.1 Å². The number of amides is 5. The number of halogens is 2. The lowest BCUT2D eigenvalue weighted by molar-refractivity contribution is -0.277. The summed E-state index contributed by atoms with van der Waals surface area (Å²) in [5, 5.41) is 152. The first kappa shape index (κ1) is 81.5. The van der Waals surface area contributed by atoms with Crippen LogP contribution in [0.2, 0.25) is 10.0 Å².